The van der Waals surface area contributed by atoms with Crippen molar-refractivity contribution in [2.75, 3.05) is 0 Å². The molecule has 0 fully saturated rings. The minimum atomic E-state index is -5.40. The fraction of sp³-hybridized carbons (Fsp3) is 1.00. The van der Waals surface area contributed by atoms with Crippen LogP contribution in [0, 0.1) is 0 Å². The predicted molar refractivity (Wildman–Crippen MR) is 31.0 cm³/mol. The Labute approximate surface area is 71.4 Å². The van der Waals surface area contributed by atoms with Crippen LogP contribution in [0.2, 0.25) is 0 Å². The van der Waals surface area contributed by atoms with Gasteiger partial charge in [0.1, 0.15) is 23.0 Å². The van der Waals surface area contributed by atoms with E-state index in [0.29, 0.717) is 23.0 Å². The molecule has 1 nitrogen and oxygen atoms in total. The van der Waals surface area contributed by atoms with Gasteiger partial charge in [0.15, 0.2) is 0 Å². The van der Waals surface area contributed by atoms with Crippen molar-refractivity contribution in [1.82, 2.24) is 0 Å². The second kappa shape index (κ2) is 3.33. The van der Waals surface area contributed by atoms with Crippen molar-refractivity contribution in [2.24, 2.45) is 0 Å². The monoisotopic (exact) mass is 294 g/mol. The molecule has 0 rings (SSSR count). The lowest BCUT2D eigenvalue weighted by atomic mass is 10.3. The average molecular weight is 294 g/mol. The second-order valence-corrected chi connectivity index (χ2v) is 2.06. The van der Waals surface area contributed by atoms with E-state index in [1.54, 1.807) is 0 Å². The summed E-state index contributed by atoms with van der Waals surface area (Å²) in [5.74, 6) is 0. The molecule has 0 aromatic heterocycles. The van der Waals surface area contributed by atoms with E-state index in [9.17, 15) is 26.3 Å². The molecule has 0 bridgehead atoms. The molecule has 0 aromatic rings. The van der Waals surface area contributed by atoms with E-state index < -0.39 is 18.5 Å². The average Bonchev–Trinajstić information content (AvgIpc) is 1.56. The quantitative estimate of drug-likeness (QED) is 0.534. The number of hydrogen-bond acceptors (Lipinski definition) is 1. The van der Waals surface area contributed by atoms with Crippen LogP contribution in [0.3, 0.4) is 0 Å². The number of rotatable bonds is 1. The summed E-state index contributed by atoms with van der Waals surface area (Å²) in [4.78, 5) is 0. The van der Waals surface area contributed by atoms with Crippen molar-refractivity contribution >= 4 is 23.0 Å². The SMILES string of the molecule is FC(F)(F)C(OI)C(F)(F)F. The minimum absolute atomic E-state index is 0.560. The molecule has 0 heterocycles. The summed E-state index contributed by atoms with van der Waals surface area (Å²) in [6, 6.07) is 0. The fourth-order valence-corrected chi connectivity index (χ4v) is 0.863. The third kappa shape index (κ3) is 3.45. The maximum Gasteiger partial charge on any atom is 0.424 e. The van der Waals surface area contributed by atoms with Gasteiger partial charge >= 0.3 is 12.4 Å². The highest BCUT2D eigenvalue weighted by atomic mass is 127. The molecule has 0 saturated heterocycles. The van der Waals surface area contributed by atoms with Crippen LogP contribution in [0.4, 0.5) is 26.3 Å². The summed E-state index contributed by atoms with van der Waals surface area (Å²) in [6.45, 7) is 0. The largest absolute Gasteiger partial charge is 0.424 e. The van der Waals surface area contributed by atoms with Gasteiger partial charge in [0.2, 0.25) is 0 Å². The van der Waals surface area contributed by atoms with Crippen LogP contribution in [-0.2, 0) is 3.07 Å². The van der Waals surface area contributed by atoms with Crippen LogP contribution in [0.1, 0.15) is 0 Å². The molecule has 0 saturated carbocycles. The van der Waals surface area contributed by atoms with Gasteiger partial charge in [-0.25, -0.2) is 0 Å². The Morgan fingerprint density at radius 3 is 1.18 bits per heavy atom. The lowest BCUT2D eigenvalue weighted by molar-refractivity contribution is -0.292. The molecule has 11 heavy (non-hydrogen) atoms. The normalized spacial score (nSPS) is 14.2. The minimum Gasteiger partial charge on any atom is -0.293 e. The van der Waals surface area contributed by atoms with Gasteiger partial charge in [0.05, 0.1) is 0 Å². The van der Waals surface area contributed by atoms with Crippen LogP contribution in [0.15, 0.2) is 0 Å². The van der Waals surface area contributed by atoms with Crippen LogP contribution < -0.4 is 0 Å². The van der Waals surface area contributed by atoms with Gasteiger partial charge in [-0.1, -0.05) is 0 Å². The standard InChI is InChI=1S/C3HF6IO/c4-2(5,6)1(11-10)3(7,8)9/h1H. The topological polar surface area (TPSA) is 9.23 Å². The number of hydrogen-bond donors (Lipinski definition) is 0. The molecule has 0 atom stereocenters. The van der Waals surface area contributed by atoms with Gasteiger partial charge in [0, 0.05) is 0 Å². The van der Waals surface area contributed by atoms with Crippen LogP contribution in [0.5, 0.6) is 0 Å². The third-order valence-corrected chi connectivity index (χ3v) is 1.19. The van der Waals surface area contributed by atoms with Gasteiger partial charge in [-0.15, -0.1) is 0 Å². The van der Waals surface area contributed by atoms with Gasteiger partial charge in [-0.2, -0.15) is 26.3 Å². The molecule has 68 valence electrons. The van der Waals surface area contributed by atoms with E-state index in [1.807, 2.05) is 0 Å². The zero-order chi connectivity index (χ0) is 9.28. The molecule has 0 radical (unpaired) electrons. The summed E-state index contributed by atoms with van der Waals surface area (Å²) >= 11 is 0.560. The van der Waals surface area contributed by atoms with Gasteiger partial charge in [0.25, 0.3) is 6.10 Å². The van der Waals surface area contributed by atoms with Crippen molar-refractivity contribution in [3.63, 3.8) is 0 Å². The highest BCUT2D eigenvalue weighted by molar-refractivity contribution is 14.1. The lowest BCUT2D eigenvalue weighted by Crippen LogP contribution is -2.42. The van der Waals surface area contributed by atoms with E-state index in [2.05, 4.69) is 3.07 Å². The Morgan fingerprint density at radius 2 is 1.18 bits per heavy atom. The first-order chi connectivity index (χ1) is 4.69. The molecular formula is C3HF6IO. The van der Waals surface area contributed by atoms with E-state index in [1.165, 1.54) is 0 Å². The third-order valence-electron chi connectivity index (χ3n) is 0.684. The summed E-state index contributed by atoms with van der Waals surface area (Å²) in [5.41, 5.74) is 0. The van der Waals surface area contributed by atoms with Crippen molar-refractivity contribution in [3.8, 4) is 0 Å². The summed E-state index contributed by atoms with van der Waals surface area (Å²) in [6.07, 6.45) is -14.5. The zero-order valence-electron chi connectivity index (χ0n) is 4.63. The molecule has 0 aliphatic heterocycles. The molecule has 0 unspecified atom stereocenters. The van der Waals surface area contributed by atoms with Crippen LogP contribution in [0.25, 0.3) is 0 Å². The maximum absolute atomic E-state index is 11.4. The number of alkyl halides is 6. The molecule has 8 heteroatoms. The Balaban J connectivity index is 4.43. The van der Waals surface area contributed by atoms with Crippen molar-refractivity contribution in [2.45, 2.75) is 18.5 Å². The zero-order valence-corrected chi connectivity index (χ0v) is 6.79. The number of halogens is 7. The predicted octanol–water partition coefficient (Wildman–Crippen LogP) is 2.85. The van der Waals surface area contributed by atoms with E-state index in [0.717, 1.165) is 0 Å². The van der Waals surface area contributed by atoms with Crippen LogP contribution >= 0.6 is 23.0 Å². The fourth-order valence-electron chi connectivity index (χ4n) is 0.287. The first kappa shape index (κ1) is 11.3. The first-order valence-corrected chi connectivity index (χ1v) is 2.98. The van der Waals surface area contributed by atoms with Gasteiger partial charge in [-0.3, -0.25) is 3.07 Å². The molecule has 0 aliphatic carbocycles. The van der Waals surface area contributed by atoms with E-state index in [-0.39, 0.29) is 0 Å². The highest BCUT2D eigenvalue weighted by Gasteiger charge is 2.58. The Bertz CT molecular complexity index is 113. The second-order valence-electron chi connectivity index (χ2n) is 1.55. The molecule has 0 spiro atoms. The first-order valence-electron chi connectivity index (χ1n) is 2.10. The van der Waals surface area contributed by atoms with Crippen molar-refractivity contribution in [3.05, 3.63) is 0 Å². The Hall–Kier alpha value is 0.270. The van der Waals surface area contributed by atoms with E-state index in [4.69, 9.17) is 0 Å². The van der Waals surface area contributed by atoms with Gasteiger partial charge < -0.3 is 0 Å². The highest BCUT2D eigenvalue weighted by Crippen LogP contribution is 2.36. The molecule has 0 aliphatic rings. The summed E-state index contributed by atoms with van der Waals surface area (Å²) < 4.78 is 71.4. The van der Waals surface area contributed by atoms with E-state index >= 15 is 0 Å². The molecular weight excluding hydrogens is 293 g/mol. The Morgan fingerprint density at radius 1 is 0.909 bits per heavy atom. The van der Waals surface area contributed by atoms with Crippen molar-refractivity contribution in [1.29, 1.82) is 0 Å². The Kier molecular flexibility index (Phi) is 3.42. The van der Waals surface area contributed by atoms with Gasteiger partial charge in [-0.05, 0) is 0 Å². The maximum atomic E-state index is 11.4. The summed E-state index contributed by atoms with van der Waals surface area (Å²) in [7, 11) is 0. The molecule has 0 N–H and O–H groups in total. The molecule has 0 amide bonds. The summed E-state index contributed by atoms with van der Waals surface area (Å²) in [5, 5.41) is 0. The van der Waals surface area contributed by atoms with Crippen LogP contribution in [-0.4, -0.2) is 18.5 Å². The molecule has 0 aromatic carbocycles. The lowest BCUT2D eigenvalue weighted by Gasteiger charge is -2.19. The smallest absolute Gasteiger partial charge is 0.293 e. The van der Waals surface area contributed by atoms with Crippen molar-refractivity contribution < 1.29 is 29.4 Å².